The highest BCUT2D eigenvalue weighted by atomic mass is 17.0. The second kappa shape index (κ2) is 22.9. The Bertz CT molecular complexity index is 319. The van der Waals surface area contributed by atoms with E-state index in [9.17, 15) is 4.79 Å². The molecule has 0 atom stereocenters. The number of unbranched alkanes of at least 4 members (excludes halogenated alkanes) is 5. The molecule has 2 N–H and O–H groups in total. The van der Waals surface area contributed by atoms with Gasteiger partial charge < -0.3 is 4.74 Å². The van der Waals surface area contributed by atoms with Crippen LogP contribution in [0.2, 0.25) is 0 Å². The van der Waals surface area contributed by atoms with Gasteiger partial charge in [-0.2, -0.15) is 0 Å². The van der Waals surface area contributed by atoms with Gasteiger partial charge in [-0.05, 0) is 38.5 Å². The molecule has 0 heterocycles. The lowest BCUT2D eigenvalue weighted by Gasteiger charge is -1.99. The maximum atomic E-state index is 10.9. The lowest BCUT2D eigenvalue weighted by Crippen LogP contribution is -1.98. The van der Waals surface area contributed by atoms with Crippen LogP contribution in [0.5, 0.6) is 0 Å². The summed E-state index contributed by atoms with van der Waals surface area (Å²) in [5.74, 6) is -0.0869. The van der Waals surface area contributed by atoms with E-state index >= 15 is 0 Å². The van der Waals surface area contributed by atoms with Gasteiger partial charge in [-0.3, -0.25) is 15.3 Å². The molecule has 0 unspecified atom stereocenters. The van der Waals surface area contributed by atoms with E-state index in [1.54, 1.807) is 0 Å². The molecule has 0 fully saturated rings. The molecule has 0 spiro atoms. The summed E-state index contributed by atoms with van der Waals surface area (Å²) in [7, 11) is 1.45. The summed E-state index contributed by atoms with van der Waals surface area (Å²) in [5, 5.41) is 12.0. The highest BCUT2D eigenvalue weighted by Crippen LogP contribution is 2.08. The fourth-order valence-corrected chi connectivity index (χ4v) is 1.99. The van der Waals surface area contributed by atoms with Gasteiger partial charge in [0.1, 0.15) is 0 Å². The van der Waals surface area contributed by atoms with Crippen molar-refractivity contribution in [3.63, 3.8) is 0 Å². The fraction of sp³-hybridized carbons (Fsp3) is 0.632. The van der Waals surface area contributed by atoms with Crippen molar-refractivity contribution in [2.75, 3.05) is 7.11 Å². The van der Waals surface area contributed by atoms with Crippen LogP contribution < -0.4 is 0 Å². The van der Waals surface area contributed by atoms with Crippen molar-refractivity contribution in [1.29, 1.82) is 0 Å². The number of ether oxygens (including phenoxy) is 1. The van der Waals surface area contributed by atoms with Gasteiger partial charge in [0.25, 0.3) is 0 Å². The van der Waals surface area contributed by atoms with Crippen molar-refractivity contribution in [3.8, 4) is 0 Å². The zero-order chi connectivity index (χ0) is 17.6. The molecule has 0 aliphatic carbocycles. The van der Waals surface area contributed by atoms with Crippen LogP contribution >= 0.6 is 0 Å². The van der Waals surface area contributed by atoms with Crippen molar-refractivity contribution in [3.05, 3.63) is 36.5 Å². The number of allylic oxidation sites excluding steroid dienone is 6. The third-order valence-corrected chi connectivity index (χ3v) is 3.26. The summed E-state index contributed by atoms with van der Waals surface area (Å²) in [6, 6.07) is 0. The molecule has 23 heavy (non-hydrogen) atoms. The summed E-state index contributed by atoms with van der Waals surface area (Å²) in [5.41, 5.74) is 0. The molecule has 0 aliphatic heterocycles. The molecule has 0 rings (SSSR count). The molecule has 4 nitrogen and oxygen atoms in total. The summed E-state index contributed by atoms with van der Waals surface area (Å²) in [4.78, 5) is 10.9. The lowest BCUT2D eigenvalue weighted by molar-refractivity contribution is -0.176. The molecule has 0 aliphatic rings. The molecular weight excluding hydrogens is 292 g/mol. The van der Waals surface area contributed by atoms with Gasteiger partial charge in [0.05, 0.1) is 7.11 Å². The molecule has 0 aromatic rings. The Morgan fingerprint density at radius 3 is 1.96 bits per heavy atom. The summed E-state index contributed by atoms with van der Waals surface area (Å²) in [6.07, 6.45) is 24.1. The molecule has 0 saturated heterocycles. The van der Waals surface area contributed by atoms with Gasteiger partial charge in [-0.1, -0.05) is 62.6 Å². The van der Waals surface area contributed by atoms with E-state index < -0.39 is 0 Å². The van der Waals surface area contributed by atoms with Gasteiger partial charge in [0, 0.05) is 6.42 Å². The SMILES string of the molecule is CC/C=C\C/C=C\C/C=C\CCCCCCCC(=O)OC.OO. The van der Waals surface area contributed by atoms with Crippen LogP contribution in [0.1, 0.15) is 71.1 Å². The van der Waals surface area contributed by atoms with Crippen molar-refractivity contribution in [1.82, 2.24) is 0 Å². The quantitative estimate of drug-likeness (QED) is 0.148. The first-order valence-corrected chi connectivity index (χ1v) is 8.53. The highest BCUT2D eigenvalue weighted by molar-refractivity contribution is 5.68. The largest absolute Gasteiger partial charge is 0.469 e. The second-order valence-corrected chi connectivity index (χ2v) is 5.18. The maximum absolute atomic E-state index is 10.9. The predicted octanol–water partition coefficient (Wildman–Crippen LogP) is 5.77. The summed E-state index contributed by atoms with van der Waals surface area (Å²) in [6.45, 7) is 2.15. The average molecular weight is 326 g/mol. The minimum absolute atomic E-state index is 0.0869. The molecule has 0 amide bonds. The monoisotopic (exact) mass is 326 g/mol. The second-order valence-electron chi connectivity index (χ2n) is 5.18. The zero-order valence-electron chi connectivity index (χ0n) is 14.7. The number of carbonyl (C=O) groups is 1. The van der Waals surface area contributed by atoms with E-state index in [0.717, 1.165) is 32.1 Å². The average Bonchev–Trinajstić information content (AvgIpc) is 2.59. The Balaban J connectivity index is 0. The number of carbonyl (C=O) groups excluding carboxylic acids is 1. The first-order valence-electron chi connectivity index (χ1n) is 8.53. The Morgan fingerprint density at radius 1 is 0.826 bits per heavy atom. The van der Waals surface area contributed by atoms with E-state index in [1.165, 1.54) is 32.8 Å². The third-order valence-electron chi connectivity index (χ3n) is 3.26. The molecule has 4 heteroatoms. The Hall–Kier alpha value is -1.39. The topological polar surface area (TPSA) is 66.8 Å². The van der Waals surface area contributed by atoms with Gasteiger partial charge >= 0.3 is 5.97 Å². The lowest BCUT2D eigenvalue weighted by atomic mass is 10.1. The normalized spacial score (nSPS) is 11.1. The maximum Gasteiger partial charge on any atom is 0.305 e. The number of rotatable bonds is 13. The minimum atomic E-state index is -0.0869. The van der Waals surface area contributed by atoms with Crippen molar-refractivity contribution < 1.29 is 20.0 Å². The van der Waals surface area contributed by atoms with Crippen LogP contribution in [0, 0.1) is 0 Å². The van der Waals surface area contributed by atoms with Crippen molar-refractivity contribution in [2.45, 2.75) is 71.1 Å². The van der Waals surface area contributed by atoms with Gasteiger partial charge in [-0.15, -0.1) is 0 Å². The molecule has 0 saturated carbocycles. The fourth-order valence-electron chi connectivity index (χ4n) is 1.99. The molecule has 0 radical (unpaired) electrons. The Kier molecular flexibility index (Phi) is 23.8. The van der Waals surface area contributed by atoms with Gasteiger partial charge in [0.15, 0.2) is 0 Å². The predicted molar refractivity (Wildman–Crippen MR) is 96.5 cm³/mol. The number of methoxy groups -OCH3 is 1. The first-order chi connectivity index (χ1) is 11.3. The molecule has 0 aromatic heterocycles. The highest BCUT2D eigenvalue weighted by Gasteiger charge is 1.98. The van der Waals surface area contributed by atoms with Crippen LogP contribution in [0.15, 0.2) is 36.5 Å². The molecule has 0 aromatic carbocycles. The van der Waals surface area contributed by atoms with E-state index in [-0.39, 0.29) is 5.97 Å². The van der Waals surface area contributed by atoms with Crippen LogP contribution in [0.25, 0.3) is 0 Å². The van der Waals surface area contributed by atoms with E-state index in [2.05, 4.69) is 48.1 Å². The van der Waals surface area contributed by atoms with E-state index in [0.29, 0.717) is 6.42 Å². The van der Waals surface area contributed by atoms with Crippen molar-refractivity contribution in [2.24, 2.45) is 0 Å². The Labute approximate surface area is 141 Å². The van der Waals surface area contributed by atoms with Crippen LogP contribution in [0.4, 0.5) is 0 Å². The van der Waals surface area contributed by atoms with Gasteiger partial charge in [-0.25, -0.2) is 0 Å². The molecule has 0 bridgehead atoms. The standard InChI is InChI=1S/C19H32O2.H2O2/c1-3-4-5-6-7-8-9-10-11-12-13-14-15-16-17-18-19(20)21-2;1-2/h4-5,7-8,10-11H,3,6,9,12-18H2,1-2H3;1-2H/b5-4-,8-7-,11-10-;. The number of hydrogen-bond acceptors (Lipinski definition) is 4. The van der Waals surface area contributed by atoms with E-state index in [4.69, 9.17) is 10.5 Å². The number of esters is 1. The smallest absolute Gasteiger partial charge is 0.305 e. The minimum Gasteiger partial charge on any atom is -0.469 e. The molecular formula is C19H34O4. The van der Waals surface area contributed by atoms with Crippen LogP contribution in [-0.4, -0.2) is 23.6 Å². The Morgan fingerprint density at radius 2 is 1.35 bits per heavy atom. The third kappa shape index (κ3) is 23.0. The summed E-state index contributed by atoms with van der Waals surface area (Å²) < 4.78 is 4.61. The number of hydrogen-bond donors (Lipinski definition) is 2. The van der Waals surface area contributed by atoms with Gasteiger partial charge in [0.2, 0.25) is 0 Å². The zero-order valence-corrected chi connectivity index (χ0v) is 14.7. The first kappa shape index (κ1) is 23.9. The van der Waals surface area contributed by atoms with Crippen LogP contribution in [-0.2, 0) is 9.53 Å². The molecule has 134 valence electrons. The summed E-state index contributed by atoms with van der Waals surface area (Å²) >= 11 is 0. The van der Waals surface area contributed by atoms with E-state index in [1.807, 2.05) is 0 Å². The van der Waals surface area contributed by atoms with Crippen molar-refractivity contribution >= 4 is 5.97 Å². The van der Waals surface area contributed by atoms with Crippen LogP contribution in [0.3, 0.4) is 0 Å².